The predicted molar refractivity (Wildman–Crippen MR) is 95.7 cm³/mol. The number of ether oxygens (including phenoxy) is 1. The fourth-order valence-corrected chi connectivity index (χ4v) is 2.35. The third kappa shape index (κ3) is 5.87. The number of benzene rings is 1. The van der Waals surface area contributed by atoms with Crippen molar-refractivity contribution in [3.05, 3.63) is 46.3 Å². The summed E-state index contributed by atoms with van der Waals surface area (Å²) >= 11 is 5.94. The van der Waals surface area contributed by atoms with Gasteiger partial charge < -0.3 is 19.9 Å². The van der Waals surface area contributed by atoms with Gasteiger partial charge in [-0.1, -0.05) is 30.6 Å². The highest BCUT2D eigenvalue weighted by atomic mass is 35.5. The summed E-state index contributed by atoms with van der Waals surface area (Å²) in [6.07, 6.45) is 0. The molecule has 1 heterocycles. The molecule has 0 fully saturated rings. The van der Waals surface area contributed by atoms with Gasteiger partial charge in [0, 0.05) is 30.2 Å². The molecule has 0 unspecified atom stereocenters. The van der Waals surface area contributed by atoms with Crippen molar-refractivity contribution < 1.29 is 18.0 Å². The molecule has 0 aliphatic heterocycles. The molecule has 0 spiro atoms. The molecule has 0 atom stereocenters. The predicted octanol–water partition coefficient (Wildman–Crippen LogP) is 3.92. The van der Waals surface area contributed by atoms with Crippen LogP contribution in [0.25, 0.3) is 0 Å². The van der Waals surface area contributed by atoms with Crippen molar-refractivity contribution in [2.45, 2.75) is 39.5 Å². The summed E-state index contributed by atoms with van der Waals surface area (Å²) in [7, 11) is 1.60. The van der Waals surface area contributed by atoms with Crippen molar-refractivity contribution >= 4 is 17.6 Å². The maximum absolute atomic E-state index is 12.5. The lowest BCUT2D eigenvalue weighted by atomic mass is 10.1. The van der Waals surface area contributed by atoms with E-state index in [4.69, 9.17) is 16.1 Å². The molecule has 1 aromatic heterocycles. The summed E-state index contributed by atoms with van der Waals surface area (Å²) in [5, 5.41) is 10.5. The normalized spacial score (nSPS) is 11.9. The molecule has 0 saturated heterocycles. The van der Waals surface area contributed by atoms with Crippen LogP contribution in [0.15, 0.2) is 33.8 Å². The van der Waals surface area contributed by atoms with E-state index < -0.39 is 6.61 Å². The third-order valence-electron chi connectivity index (χ3n) is 3.51. The first-order valence-corrected chi connectivity index (χ1v) is 8.40. The molecular weight excluding hydrogens is 366 g/mol. The van der Waals surface area contributed by atoms with Crippen LogP contribution in [0.4, 0.5) is 8.78 Å². The Morgan fingerprint density at radius 2 is 2.00 bits per heavy atom. The molecule has 9 heteroatoms. The lowest BCUT2D eigenvalue weighted by Crippen LogP contribution is -2.36. The Labute approximate surface area is 155 Å². The quantitative estimate of drug-likeness (QED) is 0.557. The van der Waals surface area contributed by atoms with Gasteiger partial charge in [0.25, 0.3) is 0 Å². The average Bonchev–Trinajstić information content (AvgIpc) is 3.06. The highest BCUT2D eigenvalue weighted by molar-refractivity contribution is 6.30. The summed E-state index contributed by atoms with van der Waals surface area (Å²) in [6, 6.07) is 6.33. The van der Waals surface area contributed by atoms with E-state index in [9.17, 15) is 8.78 Å². The molecule has 26 heavy (non-hydrogen) atoms. The highest BCUT2D eigenvalue weighted by Gasteiger charge is 2.12. The van der Waals surface area contributed by atoms with Crippen LogP contribution in [0, 0.1) is 0 Å². The van der Waals surface area contributed by atoms with E-state index in [0.717, 1.165) is 5.69 Å². The minimum absolute atomic E-state index is 0.0594. The Kier molecular flexibility index (Phi) is 7.20. The van der Waals surface area contributed by atoms with Crippen molar-refractivity contribution in [2.24, 2.45) is 4.99 Å². The number of aliphatic imine (C=N–C) groups is 1. The van der Waals surface area contributed by atoms with E-state index in [0.29, 0.717) is 28.9 Å². The number of hydrogen-bond acceptors (Lipinski definition) is 4. The zero-order valence-corrected chi connectivity index (χ0v) is 15.5. The van der Waals surface area contributed by atoms with E-state index in [1.165, 1.54) is 12.1 Å². The van der Waals surface area contributed by atoms with Gasteiger partial charge in [-0.15, -0.1) is 0 Å². The summed E-state index contributed by atoms with van der Waals surface area (Å²) in [4.78, 5) is 4.08. The van der Waals surface area contributed by atoms with Crippen molar-refractivity contribution in [1.29, 1.82) is 0 Å². The first kappa shape index (κ1) is 20.0. The largest absolute Gasteiger partial charge is 0.434 e. The Hall–Kier alpha value is -2.35. The molecule has 0 bridgehead atoms. The Balaban J connectivity index is 1.95. The molecule has 2 rings (SSSR count). The molecule has 2 aromatic rings. The van der Waals surface area contributed by atoms with Crippen molar-refractivity contribution in [1.82, 2.24) is 15.8 Å². The number of nitrogens with one attached hydrogen (secondary N) is 2. The molecule has 1 aromatic carbocycles. The van der Waals surface area contributed by atoms with E-state index in [-0.39, 0.29) is 18.2 Å². The van der Waals surface area contributed by atoms with E-state index in [1.807, 2.05) is 19.9 Å². The molecule has 6 nitrogen and oxygen atoms in total. The van der Waals surface area contributed by atoms with Crippen LogP contribution in [0.3, 0.4) is 0 Å². The van der Waals surface area contributed by atoms with Crippen molar-refractivity contribution in [3.8, 4) is 5.75 Å². The maximum Gasteiger partial charge on any atom is 0.387 e. The Morgan fingerprint density at radius 1 is 1.27 bits per heavy atom. The number of alkyl halides is 2. The fourth-order valence-electron chi connectivity index (χ4n) is 2.15. The van der Waals surface area contributed by atoms with Gasteiger partial charge >= 0.3 is 6.61 Å². The summed E-state index contributed by atoms with van der Waals surface area (Å²) in [6.45, 7) is 1.73. The van der Waals surface area contributed by atoms with Gasteiger partial charge in [-0.25, -0.2) is 0 Å². The van der Waals surface area contributed by atoms with Crippen molar-refractivity contribution in [3.63, 3.8) is 0 Å². The van der Waals surface area contributed by atoms with Crippen LogP contribution < -0.4 is 15.4 Å². The lowest BCUT2D eigenvalue weighted by molar-refractivity contribution is -0.0504. The molecule has 0 radical (unpaired) electrons. The van der Waals surface area contributed by atoms with Gasteiger partial charge in [0.05, 0.1) is 12.2 Å². The van der Waals surface area contributed by atoms with Crippen molar-refractivity contribution in [2.75, 3.05) is 7.05 Å². The maximum atomic E-state index is 12.5. The van der Waals surface area contributed by atoms with Crippen LogP contribution >= 0.6 is 11.6 Å². The number of nitrogens with zero attached hydrogens (tertiary/aromatic N) is 2. The molecule has 0 aliphatic rings. The first-order chi connectivity index (χ1) is 12.4. The van der Waals surface area contributed by atoms with Crippen LogP contribution in [0.1, 0.15) is 36.8 Å². The summed E-state index contributed by atoms with van der Waals surface area (Å²) in [5.74, 6) is 1.47. The van der Waals surface area contributed by atoms with Gasteiger partial charge in [-0.2, -0.15) is 8.78 Å². The van der Waals surface area contributed by atoms with E-state index in [2.05, 4.69) is 25.5 Å². The zero-order chi connectivity index (χ0) is 19.1. The Bertz CT molecular complexity index is 750. The van der Waals surface area contributed by atoms with Gasteiger partial charge in [0.15, 0.2) is 11.7 Å². The lowest BCUT2D eigenvalue weighted by Gasteiger charge is -2.14. The number of rotatable bonds is 7. The number of guanidine groups is 1. The van der Waals surface area contributed by atoms with Crippen LogP contribution in [-0.2, 0) is 13.1 Å². The summed E-state index contributed by atoms with van der Waals surface area (Å²) in [5.41, 5.74) is 1.36. The molecule has 0 aliphatic carbocycles. The van der Waals surface area contributed by atoms with Gasteiger partial charge in [-0.05, 0) is 24.1 Å². The van der Waals surface area contributed by atoms with Crippen LogP contribution in [-0.4, -0.2) is 24.8 Å². The topological polar surface area (TPSA) is 71.7 Å². The fraction of sp³-hybridized carbons (Fsp3) is 0.412. The van der Waals surface area contributed by atoms with E-state index >= 15 is 0 Å². The third-order valence-corrected chi connectivity index (χ3v) is 3.74. The number of halogens is 3. The standard InChI is InChI=1S/C17H21ClF2N4O2/c1-10(2)14-7-13(26-24-14)9-23-17(21-3)22-8-11-6-12(18)4-5-15(11)25-16(19)20/h4-7,10,16H,8-9H2,1-3H3,(H2,21,22,23). The van der Waals surface area contributed by atoms with E-state index in [1.54, 1.807) is 13.1 Å². The average molecular weight is 387 g/mol. The minimum atomic E-state index is -2.91. The molecule has 0 amide bonds. The van der Waals surface area contributed by atoms with Gasteiger partial charge in [0.1, 0.15) is 5.75 Å². The van der Waals surface area contributed by atoms with Crippen LogP contribution in [0.5, 0.6) is 5.75 Å². The minimum Gasteiger partial charge on any atom is -0.434 e. The molecule has 2 N–H and O–H groups in total. The highest BCUT2D eigenvalue weighted by Crippen LogP contribution is 2.24. The second-order valence-corrected chi connectivity index (χ2v) is 6.22. The number of aromatic nitrogens is 1. The Morgan fingerprint density at radius 3 is 2.62 bits per heavy atom. The van der Waals surface area contributed by atoms with Gasteiger partial charge in [0.2, 0.25) is 0 Å². The summed E-state index contributed by atoms with van der Waals surface area (Å²) < 4.78 is 34.8. The van der Waals surface area contributed by atoms with Gasteiger partial charge in [-0.3, -0.25) is 4.99 Å². The molecule has 0 saturated carbocycles. The zero-order valence-electron chi connectivity index (χ0n) is 14.7. The second-order valence-electron chi connectivity index (χ2n) is 5.78. The molecular formula is C17H21ClF2N4O2. The smallest absolute Gasteiger partial charge is 0.387 e. The second kappa shape index (κ2) is 9.38. The SMILES string of the molecule is CN=C(NCc1cc(C(C)C)no1)NCc1cc(Cl)ccc1OC(F)F. The van der Waals surface area contributed by atoms with Crippen LogP contribution in [0.2, 0.25) is 5.02 Å². The number of hydrogen-bond donors (Lipinski definition) is 2. The first-order valence-electron chi connectivity index (χ1n) is 8.02. The molecule has 142 valence electrons. The monoisotopic (exact) mass is 386 g/mol.